The molecule has 0 radical (unpaired) electrons. The van der Waals surface area contributed by atoms with E-state index in [2.05, 4.69) is 11.9 Å². The summed E-state index contributed by atoms with van der Waals surface area (Å²) >= 11 is 6.38. The molecule has 0 aliphatic carbocycles. The first-order valence-electron chi connectivity index (χ1n) is 10.7. The molecule has 1 N–H and O–H groups in total. The molecule has 2 heterocycles. The van der Waals surface area contributed by atoms with Gasteiger partial charge in [-0.3, -0.25) is 24.2 Å². The molecular formula is C25H21N3O5S2. The highest BCUT2D eigenvalue weighted by Gasteiger charge is 2.42. The van der Waals surface area contributed by atoms with Crippen LogP contribution in [0.4, 0.5) is 11.4 Å². The number of nitrogens with zero attached hydrogens (tertiary/aromatic N) is 2. The van der Waals surface area contributed by atoms with E-state index in [0.717, 1.165) is 11.8 Å². The maximum absolute atomic E-state index is 13.4. The monoisotopic (exact) mass is 507 g/mol. The third-order valence-corrected chi connectivity index (χ3v) is 6.74. The van der Waals surface area contributed by atoms with Gasteiger partial charge in [0.1, 0.15) is 10.9 Å². The summed E-state index contributed by atoms with van der Waals surface area (Å²) in [5.41, 5.74) is 2.17. The second-order valence-corrected chi connectivity index (χ2v) is 9.18. The molecule has 1 fully saturated rings. The number of ether oxygens (including phenoxy) is 1. The first-order valence-corrected chi connectivity index (χ1v) is 11.9. The average molecular weight is 508 g/mol. The zero-order valence-electron chi connectivity index (χ0n) is 18.8. The van der Waals surface area contributed by atoms with Gasteiger partial charge in [-0.05, 0) is 37.3 Å². The molecule has 0 spiro atoms. The molecule has 10 heteroatoms. The Balaban J connectivity index is 1.55. The molecule has 35 heavy (non-hydrogen) atoms. The highest BCUT2D eigenvalue weighted by molar-refractivity contribution is 8.26. The molecule has 8 nitrogen and oxygen atoms in total. The molecule has 4 rings (SSSR count). The fourth-order valence-corrected chi connectivity index (χ4v) is 5.09. The van der Waals surface area contributed by atoms with Crippen molar-refractivity contribution < 1.29 is 23.9 Å². The van der Waals surface area contributed by atoms with Gasteiger partial charge in [0.25, 0.3) is 11.8 Å². The van der Waals surface area contributed by atoms with Crippen molar-refractivity contribution in [2.45, 2.75) is 6.92 Å². The van der Waals surface area contributed by atoms with E-state index >= 15 is 0 Å². The van der Waals surface area contributed by atoms with Crippen LogP contribution in [0.25, 0.3) is 5.57 Å². The third kappa shape index (κ3) is 4.75. The molecule has 0 saturated carbocycles. The number of nitrogens with one attached hydrogen (secondary N) is 1. The van der Waals surface area contributed by atoms with Gasteiger partial charge < -0.3 is 10.1 Å². The van der Waals surface area contributed by atoms with Crippen LogP contribution in [0.3, 0.4) is 0 Å². The van der Waals surface area contributed by atoms with Crippen molar-refractivity contribution in [3.63, 3.8) is 0 Å². The van der Waals surface area contributed by atoms with Crippen molar-refractivity contribution >= 4 is 68.9 Å². The van der Waals surface area contributed by atoms with Gasteiger partial charge in [0, 0.05) is 17.8 Å². The summed E-state index contributed by atoms with van der Waals surface area (Å²) < 4.78 is 5.30. The Morgan fingerprint density at radius 1 is 1.09 bits per heavy atom. The van der Waals surface area contributed by atoms with Crippen LogP contribution in [-0.2, 0) is 19.1 Å². The van der Waals surface area contributed by atoms with Crippen LogP contribution >= 0.6 is 24.0 Å². The number of fused-ring (bicyclic) bond motifs is 1. The third-order valence-electron chi connectivity index (χ3n) is 5.29. The summed E-state index contributed by atoms with van der Waals surface area (Å²) in [7, 11) is 0. The van der Waals surface area contributed by atoms with Crippen LogP contribution in [0, 0.1) is 0 Å². The van der Waals surface area contributed by atoms with E-state index in [0.29, 0.717) is 26.8 Å². The number of thioether (sulfide) groups is 1. The molecule has 2 aromatic rings. The highest BCUT2D eigenvalue weighted by atomic mass is 32.2. The lowest BCUT2D eigenvalue weighted by atomic mass is 10.1. The van der Waals surface area contributed by atoms with E-state index < -0.39 is 17.8 Å². The smallest absolute Gasteiger partial charge is 0.338 e. The Morgan fingerprint density at radius 2 is 1.80 bits per heavy atom. The predicted octanol–water partition coefficient (Wildman–Crippen LogP) is 3.61. The van der Waals surface area contributed by atoms with Crippen molar-refractivity contribution in [3.05, 3.63) is 77.2 Å². The fourth-order valence-electron chi connectivity index (χ4n) is 3.74. The van der Waals surface area contributed by atoms with Gasteiger partial charge in [0.15, 0.2) is 0 Å². The summed E-state index contributed by atoms with van der Waals surface area (Å²) in [6.07, 6.45) is 1.57. The molecule has 0 atom stereocenters. The lowest BCUT2D eigenvalue weighted by molar-refractivity contribution is -0.122. The lowest BCUT2D eigenvalue weighted by Gasteiger charge is -2.17. The summed E-state index contributed by atoms with van der Waals surface area (Å²) in [4.78, 5) is 54.0. The number of carbonyl (C=O) groups excluding carboxylic acids is 4. The minimum absolute atomic E-state index is 0.233. The number of carbonyl (C=O) groups is 4. The molecule has 1 saturated heterocycles. The first-order chi connectivity index (χ1) is 16.8. The number of anilines is 2. The number of para-hydroxylation sites is 1. The minimum atomic E-state index is -0.448. The van der Waals surface area contributed by atoms with Crippen LogP contribution in [0.2, 0.25) is 0 Å². The second kappa shape index (κ2) is 10.2. The molecule has 0 aromatic heterocycles. The molecule has 2 aliphatic heterocycles. The zero-order valence-corrected chi connectivity index (χ0v) is 20.4. The van der Waals surface area contributed by atoms with Crippen LogP contribution in [0.1, 0.15) is 22.8 Å². The van der Waals surface area contributed by atoms with Gasteiger partial charge in [-0.15, -0.1) is 6.58 Å². The molecule has 178 valence electrons. The van der Waals surface area contributed by atoms with Crippen LogP contribution in [0.15, 0.2) is 66.1 Å². The standard InChI is InChI=1S/C25H21N3O5S2/c1-3-13-27-23(31)21(35-25(27)34)20-17-7-5-6-8-18(17)28(22(20)30)14-19(29)26-16-11-9-15(10-12-16)24(32)33-4-2/h3,5-12H,1,4,13-14H2,2H3,(H,26,29)/b21-20-. The average Bonchev–Trinajstić information content (AvgIpc) is 3.27. The lowest BCUT2D eigenvalue weighted by Crippen LogP contribution is -2.35. The van der Waals surface area contributed by atoms with E-state index in [9.17, 15) is 19.2 Å². The number of rotatable bonds is 7. The van der Waals surface area contributed by atoms with Crippen molar-refractivity contribution in [2.75, 3.05) is 29.9 Å². The largest absolute Gasteiger partial charge is 0.462 e. The maximum Gasteiger partial charge on any atom is 0.338 e. The maximum atomic E-state index is 13.4. The summed E-state index contributed by atoms with van der Waals surface area (Å²) in [5.74, 6) is -1.68. The number of esters is 1. The second-order valence-electron chi connectivity index (χ2n) is 7.53. The van der Waals surface area contributed by atoms with Crippen molar-refractivity contribution in [3.8, 4) is 0 Å². The number of thiocarbonyl (C=S) groups is 1. The van der Waals surface area contributed by atoms with Crippen molar-refractivity contribution in [1.29, 1.82) is 0 Å². The topological polar surface area (TPSA) is 96.0 Å². The van der Waals surface area contributed by atoms with Gasteiger partial charge in [0.2, 0.25) is 5.91 Å². The molecule has 0 unspecified atom stereocenters. The Morgan fingerprint density at radius 3 is 2.49 bits per heavy atom. The van der Waals surface area contributed by atoms with E-state index in [1.54, 1.807) is 61.5 Å². The minimum Gasteiger partial charge on any atom is -0.462 e. The Hall–Kier alpha value is -3.76. The van der Waals surface area contributed by atoms with Gasteiger partial charge in [0.05, 0.1) is 28.3 Å². The van der Waals surface area contributed by atoms with Crippen molar-refractivity contribution in [1.82, 2.24) is 4.90 Å². The molecule has 2 aromatic carbocycles. The van der Waals surface area contributed by atoms with Crippen LogP contribution < -0.4 is 10.2 Å². The highest BCUT2D eigenvalue weighted by Crippen LogP contribution is 2.44. The van der Waals surface area contributed by atoms with Crippen molar-refractivity contribution in [2.24, 2.45) is 0 Å². The van der Waals surface area contributed by atoms with E-state index in [1.807, 2.05) is 0 Å². The van der Waals surface area contributed by atoms with E-state index in [-0.39, 0.29) is 36.1 Å². The molecule has 2 aliphatic rings. The molecule has 0 bridgehead atoms. The predicted molar refractivity (Wildman–Crippen MR) is 139 cm³/mol. The summed E-state index contributed by atoms with van der Waals surface area (Å²) in [5, 5.41) is 2.73. The first kappa shape index (κ1) is 24.4. The zero-order chi connectivity index (χ0) is 25.1. The Labute approximate surface area is 211 Å². The number of hydrogen-bond acceptors (Lipinski definition) is 7. The number of amides is 3. The molecular weight excluding hydrogens is 486 g/mol. The number of benzene rings is 2. The van der Waals surface area contributed by atoms with Crippen LogP contribution in [-0.4, -0.2) is 52.6 Å². The van der Waals surface area contributed by atoms with Gasteiger partial charge in [-0.2, -0.15) is 0 Å². The van der Waals surface area contributed by atoms with Gasteiger partial charge >= 0.3 is 5.97 Å². The summed E-state index contributed by atoms with van der Waals surface area (Å²) in [6, 6.07) is 13.3. The fraction of sp³-hybridized carbons (Fsp3) is 0.160. The van der Waals surface area contributed by atoms with E-state index in [1.165, 1.54) is 9.80 Å². The summed E-state index contributed by atoms with van der Waals surface area (Å²) in [6.45, 7) is 5.62. The molecule has 3 amide bonds. The Bertz CT molecular complexity index is 1290. The SMILES string of the molecule is C=CCN1C(=O)/C(=C2/C(=O)N(CC(=O)Nc3ccc(C(=O)OCC)cc3)c3ccccc32)SC1=S. The quantitative estimate of drug-likeness (QED) is 0.265. The number of hydrogen-bond donors (Lipinski definition) is 1. The van der Waals surface area contributed by atoms with Crippen LogP contribution in [0.5, 0.6) is 0 Å². The van der Waals surface area contributed by atoms with Gasteiger partial charge in [-0.1, -0.05) is 48.3 Å². The Kier molecular flexibility index (Phi) is 7.13. The normalized spacial score (nSPS) is 17.0. The van der Waals surface area contributed by atoms with E-state index in [4.69, 9.17) is 17.0 Å². The van der Waals surface area contributed by atoms with Gasteiger partial charge in [-0.25, -0.2) is 4.79 Å².